The number of allylic oxidation sites excluding steroid dienone is 1. The van der Waals surface area contributed by atoms with Gasteiger partial charge >= 0.3 is 0 Å². The first-order chi connectivity index (χ1) is 11.6. The van der Waals surface area contributed by atoms with Crippen molar-refractivity contribution in [2.45, 2.75) is 0 Å². The van der Waals surface area contributed by atoms with Crippen LogP contribution in [0.1, 0.15) is 11.1 Å². The van der Waals surface area contributed by atoms with Gasteiger partial charge in [-0.15, -0.1) is 0 Å². The standard InChI is InChI=1S/C18H13N3O3/c1-24-15-5-6-18-16(9-15)17(11-20-18)13(10-19)7-12-3-2-4-14(8-12)21(22)23/h2-9,11,20H,1H3. The number of ether oxygens (including phenoxy) is 1. The van der Waals surface area contributed by atoms with Crippen molar-refractivity contribution in [3.63, 3.8) is 0 Å². The zero-order valence-corrected chi connectivity index (χ0v) is 12.8. The maximum Gasteiger partial charge on any atom is 0.270 e. The van der Waals surface area contributed by atoms with Crippen molar-refractivity contribution in [1.29, 1.82) is 5.26 Å². The normalized spacial score (nSPS) is 11.2. The number of H-pyrrole nitrogens is 1. The van der Waals surface area contributed by atoms with Crippen molar-refractivity contribution in [1.82, 2.24) is 4.98 Å². The first-order valence-electron chi connectivity index (χ1n) is 7.14. The lowest BCUT2D eigenvalue weighted by Gasteiger charge is -2.02. The molecule has 3 rings (SSSR count). The molecule has 118 valence electrons. The Bertz CT molecular complexity index is 996. The van der Waals surface area contributed by atoms with Crippen LogP contribution in [0.2, 0.25) is 0 Å². The second-order valence-corrected chi connectivity index (χ2v) is 5.14. The molecule has 0 aliphatic carbocycles. The van der Waals surface area contributed by atoms with Crippen LogP contribution in [-0.4, -0.2) is 17.0 Å². The van der Waals surface area contributed by atoms with Crippen LogP contribution in [0.5, 0.6) is 5.75 Å². The maximum absolute atomic E-state index is 10.9. The molecule has 0 spiro atoms. The highest BCUT2D eigenvalue weighted by Crippen LogP contribution is 2.29. The van der Waals surface area contributed by atoms with Crippen LogP contribution in [0, 0.1) is 21.4 Å². The molecule has 1 heterocycles. The molecule has 0 aliphatic rings. The molecule has 3 aromatic rings. The third-order valence-electron chi connectivity index (χ3n) is 3.69. The molecule has 1 N–H and O–H groups in total. The molecule has 2 aromatic carbocycles. The van der Waals surface area contributed by atoms with E-state index in [4.69, 9.17) is 4.74 Å². The Hall–Kier alpha value is -3.59. The highest BCUT2D eigenvalue weighted by atomic mass is 16.6. The molecule has 0 aliphatic heterocycles. The lowest BCUT2D eigenvalue weighted by Crippen LogP contribution is -1.88. The monoisotopic (exact) mass is 319 g/mol. The molecule has 0 atom stereocenters. The van der Waals surface area contributed by atoms with Gasteiger partial charge in [0.15, 0.2) is 0 Å². The molecule has 0 saturated heterocycles. The second kappa shape index (κ2) is 6.26. The topological polar surface area (TPSA) is 92.0 Å². The van der Waals surface area contributed by atoms with Crippen LogP contribution in [0.4, 0.5) is 5.69 Å². The van der Waals surface area contributed by atoms with Gasteiger partial charge in [-0.2, -0.15) is 5.26 Å². The zero-order chi connectivity index (χ0) is 17.1. The number of hydrogen-bond acceptors (Lipinski definition) is 4. The largest absolute Gasteiger partial charge is 0.497 e. The molecule has 0 bridgehead atoms. The molecule has 0 unspecified atom stereocenters. The van der Waals surface area contributed by atoms with E-state index in [0.717, 1.165) is 16.5 Å². The van der Waals surface area contributed by atoms with Crippen molar-refractivity contribution in [2.24, 2.45) is 0 Å². The van der Waals surface area contributed by atoms with Gasteiger partial charge in [-0.1, -0.05) is 12.1 Å². The summed E-state index contributed by atoms with van der Waals surface area (Å²) in [4.78, 5) is 13.5. The van der Waals surface area contributed by atoms with Gasteiger partial charge in [-0.3, -0.25) is 10.1 Å². The van der Waals surface area contributed by atoms with Crippen molar-refractivity contribution in [3.8, 4) is 11.8 Å². The van der Waals surface area contributed by atoms with E-state index in [9.17, 15) is 15.4 Å². The quantitative estimate of drug-likeness (QED) is 0.444. The fourth-order valence-corrected chi connectivity index (χ4v) is 2.51. The van der Waals surface area contributed by atoms with E-state index in [2.05, 4.69) is 11.1 Å². The molecule has 6 nitrogen and oxygen atoms in total. The predicted molar refractivity (Wildman–Crippen MR) is 91.4 cm³/mol. The average molecular weight is 319 g/mol. The molecule has 0 saturated carbocycles. The van der Waals surface area contributed by atoms with Crippen molar-refractivity contribution in [3.05, 3.63) is 69.9 Å². The van der Waals surface area contributed by atoms with Gasteiger partial charge in [-0.25, -0.2) is 0 Å². The molecule has 24 heavy (non-hydrogen) atoms. The summed E-state index contributed by atoms with van der Waals surface area (Å²) in [6.07, 6.45) is 3.38. The Morgan fingerprint density at radius 2 is 2.17 bits per heavy atom. The highest BCUT2D eigenvalue weighted by Gasteiger charge is 2.11. The van der Waals surface area contributed by atoms with Crippen molar-refractivity contribution >= 4 is 28.2 Å². The lowest BCUT2D eigenvalue weighted by atomic mass is 10.0. The molecule has 0 fully saturated rings. The van der Waals surface area contributed by atoms with Gasteiger partial charge in [-0.05, 0) is 29.8 Å². The molecule has 6 heteroatoms. The Morgan fingerprint density at radius 3 is 2.88 bits per heavy atom. The highest BCUT2D eigenvalue weighted by molar-refractivity contribution is 6.01. The molecule has 0 amide bonds. The van der Waals surface area contributed by atoms with E-state index >= 15 is 0 Å². The first-order valence-corrected chi connectivity index (χ1v) is 7.14. The first kappa shape index (κ1) is 15.3. The van der Waals surface area contributed by atoms with Crippen LogP contribution >= 0.6 is 0 Å². The third kappa shape index (κ3) is 2.83. The summed E-state index contributed by atoms with van der Waals surface area (Å²) >= 11 is 0. The fraction of sp³-hybridized carbons (Fsp3) is 0.0556. The van der Waals surface area contributed by atoms with Crippen LogP contribution in [0.25, 0.3) is 22.6 Å². The summed E-state index contributed by atoms with van der Waals surface area (Å²) in [5.74, 6) is 0.691. The van der Waals surface area contributed by atoms with Gasteiger partial charge in [0.2, 0.25) is 0 Å². The number of aromatic nitrogens is 1. The van der Waals surface area contributed by atoms with Gasteiger partial charge in [0.1, 0.15) is 5.75 Å². The number of nitrogens with one attached hydrogen (secondary N) is 1. The summed E-state index contributed by atoms with van der Waals surface area (Å²) < 4.78 is 5.23. The smallest absolute Gasteiger partial charge is 0.270 e. The number of nitrogens with zero attached hydrogens (tertiary/aromatic N) is 2. The minimum absolute atomic E-state index is 0.0124. The predicted octanol–water partition coefficient (Wildman–Crippen LogP) is 4.15. The van der Waals surface area contributed by atoms with Crippen LogP contribution in [0.3, 0.4) is 0 Å². The lowest BCUT2D eigenvalue weighted by molar-refractivity contribution is -0.384. The molecular weight excluding hydrogens is 306 g/mol. The Balaban J connectivity index is 2.11. The molecule has 0 radical (unpaired) electrons. The summed E-state index contributed by atoms with van der Waals surface area (Å²) in [7, 11) is 1.58. The van der Waals surface area contributed by atoms with Crippen molar-refractivity contribution < 1.29 is 9.66 Å². The number of hydrogen-bond donors (Lipinski definition) is 1. The SMILES string of the molecule is COc1ccc2[nH]cc(C(C#N)=Cc3cccc([N+](=O)[O-])c3)c2c1. The number of aromatic amines is 1. The molecule has 1 aromatic heterocycles. The summed E-state index contributed by atoms with van der Waals surface area (Å²) in [5, 5.41) is 21.3. The zero-order valence-electron chi connectivity index (χ0n) is 12.8. The molecular formula is C18H13N3O3. The second-order valence-electron chi connectivity index (χ2n) is 5.14. The van der Waals surface area contributed by atoms with Gasteiger partial charge in [0.05, 0.1) is 23.7 Å². The van der Waals surface area contributed by atoms with Crippen LogP contribution in [-0.2, 0) is 0 Å². The van der Waals surface area contributed by atoms with Crippen LogP contribution < -0.4 is 4.74 Å². The Morgan fingerprint density at radius 1 is 1.33 bits per heavy atom. The summed E-state index contributed by atoms with van der Waals surface area (Å²) in [6.45, 7) is 0. The minimum Gasteiger partial charge on any atom is -0.497 e. The van der Waals surface area contributed by atoms with Crippen LogP contribution in [0.15, 0.2) is 48.7 Å². The van der Waals surface area contributed by atoms with E-state index in [1.165, 1.54) is 12.1 Å². The third-order valence-corrected chi connectivity index (χ3v) is 3.69. The van der Waals surface area contributed by atoms with Gasteiger partial charge in [0.25, 0.3) is 5.69 Å². The van der Waals surface area contributed by atoms with E-state index in [1.54, 1.807) is 31.5 Å². The fourth-order valence-electron chi connectivity index (χ4n) is 2.51. The Kier molecular flexibility index (Phi) is 4.00. The maximum atomic E-state index is 10.9. The number of benzene rings is 2. The van der Waals surface area contributed by atoms with E-state index in [0.29, 0.717) is 16.9 Å². The van der Waals surface area contributed by atoms with Gasteiger partial charge in [0, 0.05) is 34.8 Å². The number of rotatable bonds is 4. The number of nitro groups is 1. The van der Waals surface area contributed by atoms with Gasteiger partial charge < -0.3 is 9.72 Å². The number of fused-ring (bicyclic) bond motifs is 1. The number of nitro benzene ring substituents is 1. The van der Waals surface area contributed by atoms with E-state index < -0.39 is 4.92 Å². The average Bonchev–Trinajstić information content (AvgIpc) is 3.02. The summed E-state index contributed by atoms with van der Waals surface area (Å²) in [5.41, 5.74) is 2.60. The van der Waals surface area contributed by atoms with E-state index in [1.807, 2.05) is 18.2 Å². The van der Waals surface area contributed by atoms with Crippen molar-refractivity contribution in [2.75, 3.05) is 7.11 Å². The summed E-state index contributed by atoms with van der Waals surface area (Å²) in [6, 6.07) is 13.9. The van der Waals surface area contributed by atoms with E-state index in [-0.39, 0.29) is 5.69 Å². The number of non-ortho nitro benzene ring substituents is 1. The number of methoxy groups -OCH3 is 1. The minimum atomic E-state index is -0.458. The number of nitriles is 1. The Labute approximate surface area is 137 Å².